The van der Waals surface area contributed by atoms with Gasteiger partial charge in [-0.25, -0.2) is 0 Å². The van der Waals surface area contributed by atoms with Crippen LogP contribution in [0, 0.1) is 0 Å². The zero-order chi connectivity index (χ0) is 18.1. The number of guanidine groups is 1. The highest BCUT2D eigenvalue weighted by Gasteiger charge is 2.21. The zero-order valence-corrected chi connectivity index (χ0v) is 19.0. The van der Waals surface area contributed by atoms with Crippen molar-refractivity contribution >= 4 is 29.9 Å². The molecule has 0 unspecified atom stereocenters. The predicted octanol–water partition coefficient (Wildman–Crippen LogP) is 3.28. The quantitative estimate of drug-likeness (QED) is 0.362. The van der Waals surface area contributed by atoms with Gasteiger partial charge in [0.15, 0.2) is 5.96 Å². The van der Waals surface area contributed by atoms with Gasteiger partial charge in [-0.3, -0.25) is 4.99 Å². The Labute approximate surface area is 176 Å². The van der Waals surface area contributed by atoms with Gasteiger partial charge in [0.05, 0.1) is 7.11 Å². The molecular weight excluding hydrogens is 439 g/mol. The number of hydrogen-bond acceptors (Lipinski definition) is 3. The van der Waals surface area contributed by atoms with Gasteiger partial charge in [0.2, 0.25) is 0 Å². The molecule has 1 saturated heterocycles. The number of hydrogen-bond donors (Lipinski definition) is 2. The molecule has 1 fully saturated rings. The minimum Gasteiger partial charge on any atom is -0.497 e. The molecule has 1 aliphatic heterocycles. The molecule has 26 heavy (non-hydrogen) atoms. The van der Waals surface area contributed by atoms with Crippen molar-refractivity contribution in [1.29, 1.82) is 0 Å². The lowest BCUT2D eigenvalue weighted by Gasteiger charge is -2.35. The third-order valence-electron chi connectivity index (χ3n) is 4.75. The van der Waals surface area contributed by atoms with Crippen LogP contribution in [0.2, 0.25) is 0 Å². The molecule has 1 aromatic rings. The van der Waals surface area contributed by atoms with Gasteiger partial charge in [0.1, 0.15) is 5.75 Å². The van der Waals surface area contributed by atoms with Crippen LogP contribution >= 0.6 is 24.0 Å². The Kier molecular flexibility index (Phi) is 11.0. The Morgan fingerprint density at radius 3 is 2.65 bits per heavy atom. The summed E-state index contributed by atoms with van der Waals surface area (Å²) in [5.41, 5.74) is 1.25. The third-order valence-corrected chi connectivity index (χ3v) is 4.75. The molecule has 0 bridgehead atoms. The smallest absolute Gasteiger partial charge is 0.191 e. The topological polar surface area (TPSA) is 48.9 Å². The fourth-order valence-corrected chi connectivity index (χ4v) is 3.20. The van der Waals surface area contributed by atoms with E-state index in [-0.39, 0.29) is 24.0 Å². The Morgan fingerprint density at radius 2 is 2.04 bits per heavy atom. The molecular formula is C20H35IN4O. The van der Waals surface area contributed by atoms with Gasteiger partial charge in [-0.2, -0.15) is 0 Å². The SMILES string of the molecule is CCNC(=NCCc1cccc(OC)c1)NC1CCN(C(C)C)CC1.I. The van der Waals surface area contributed by atoms with Crippen molar-refractivity contribution in [3.8, 4) is 5.75 Å². The largest absolute Gasteiger partial charge is 0.497 e. The Morgan fingerprint density at radius 1 is 1.31 bits per heavy atom. The molecule has 148 valence electrons. The molecule has 6 heteroatoms. The Bertz CT molecular complexity index is 542. The van der Waals surface area contributed by atoms with Crippen LogP contribution in [0.1, 0.15) is 39.2 Å². The maximum absolute atomic E-state index is 5.28. The Balaban J connectivity index is 0.00000338. The number of ether oxygens (including phenoxy) is 1. The third kappa shape index (κ3) is 7.70. The summed E-state index contributed by atoms with van der Waals surface area (Å²) in [7, 11) is 1.70. The first kappa shape index (κ1) is 23.0. The molecule has 0 amide bonds. The number of benzene rings is 1. The molecule has 2 rings (SSSR count). The van der Waals surface area contributed by atoms with E-state index >= 15 is 0 Å². The first-order valence-electron chi connectivity index (χ1n) is 9.54. The van der Waals surface area contributed by atoms with E-state index in [0.717, 1.165) is 31.2 Å². The monoisotopic (exact) mass is 474 g/mol. The lowest BCUT2D eigenvalue weighted by atomic mass is 10.0. The molecule has 0 saturated carbocycles. The van der Waals surface area contributed by atoms with Crippen molar-refractivity contribution in [2.45, 2.75) is 52.1 Å². The van der Waals surface area contributed by atoms with Crippen LogP contribution in [0.3, 0.4) is 0 Å². The molecule has 5 nitrogen and oxygen atoms in total. The number of piperidine rings is 1. The van der Waals surface area contributed by atoms with Gasteiger partial charge in [-0.1, -0.05) is 12.1 Å². The molecule has 1 aromatic carbocycles. The first-order chi connectivity index (χ1) is 12.1. The standard InChI is InChI=1S/C20H34N4O.HI/c1-5-21-20(23-18-10-13-24(14-11-18)16(2)3)22-12-9-17-7-6-8-19(15-17)25-4;/h6-8,15-16,18H,5,9-14H2,1-4H3,(H2,21,22,23);1H. The van der Waals surface area contributed by atoms with Gasteiger partial charge in [-0.05, 0) is 57.7 Å². The minimum atomic E-state index is 0. The minimum absolute atomic E-state index is 0. The fraction of sp³-hybridized carbons (Fsp3) is 0.650. The number of likely N-dealkylation sites (tertiary alicyclic amines) is 1. The van der Waals surface area contributed by atoms with Crippen LogP contribution in [-0.2, 0) is 6.42 Å². The molecule has 2 N–H and O–H groups in total. The summed E-state index contributed by atoms with van der Waals surface area (Å²) in [6.45, 7) is 10.6. The number of aliphatic imine (C=N–C) groups is 1. The summed E-state index contributed by atoms with van der Waals surface area (Å²) in [6, 6.07) is 9.37. The van der Waals surface area contributed by atoms with Crippen LogP contribution in [-0.4, -0.2) is 56.2 Å². The first-order valence-corrected chi connectivity index (χ1v) is 9.54. The number of nitrogens with zero attached hydrogens (tertiary/aromatic N) is 2. The summed E-state index contributed by atoms with van der Waals surface area (Å²) in [4.78, 5) is 7.30. The predicted molar refractivity (Wildman–Crippen MR) is 121 cm³/mol. The summed E-state index contributed by atoms with van der Waals surface area (Å²) >= 11 is 0. The second-order valence-electron chi connectivity index (χ2n) is 6.91. The highest BCUT2D eigenvalue weighted by molar-refractivity contribution is 14.0. The average Bonchev–Trinajstić information content (AvgIpc) is 2.62. The molecule has 0 atom stereocenters. The van der Waals surface area contributed by atoms with E-state index in [1.165, 1.54) is 31.5 Å². The maximum atomic E-state index is 5.28. The van der Waals surface area contributed by atoms with E-state index in [9.17, 15) is 0 Å². The lowest BCUT2D eigenvalue weighted by molar-refractivity contribution is 0.167. The van der Waals surface area contributed by atoms with Gasteiger partial charge < -0.3 is 20.3 Å². The molecule has 0 radical (unpaired) electrons. The summed E-state index contributed by atoms with van der Waals surface area (Å²) < 4.78 is 5.28. The maximum Gasteiger partial charge on any atom is 0.191 e. The van der Waals surface area contributed by atoms with Crippen molar-refractivity contribution < 1.29 is 4.74 Å². The van der Waals surface area contributed by atoms with Crippen LogP contribution in [0.4, 0.5) is 0 Å². The molecule has 1 aliphatic rings. The van der Waals surface area contributed by atoms with Gasteiger partial charge >= 0.3 is 0 Å². The number of halogens is 1. The van der Waals surface area contributed by atoms with Gasteiger partial charge in [-0.15, -0.1) is 24.0 Å². The van der Waals surface area contributed by atoms with Gasteiger partial charge in [0, 0.05) is 38.3 Å². The number of rotatable bonds is 7. The molecule has 0 spiro atoms. The Hall–Kier alpha value is -1.02. The van der Waals surface area contributed by atoms with E-state index in [2.05, 4.69) is 48.4 Å². The average molecular weight is 474 g/mol. The summed E-state index contributed by atoms with van der Waals surface area (Å²) in [5.74, 6) is 1.84. The van der Waals surface area contributed by atoms with Crippen molar-refractivity contribution in [1.82, 2.24) is 15.5 Å². The fourth-order valence-electron chi connectivity index (χ4n) is 3.20. The van der Waals surface area contributed by atoms with Crippen molar-refractivity contribution in [2.75, 3.05) is 33.3 Å². The van der Waals surface area contributed by atoms with Crippen LogP contribution in [0.5, 0.6) is 5.75 Å². The van der Waals surface area contributed by atoms with Crippen molar-refractivity contribution in [3.05, 3.63) is 29.8 Å². The van der Waals surface area contributed by atoms with Gasteiger partial charge in [0.25, 0.3) is 0 Å². The van der Waals surface area contributed by atoms with Crippen LogP contribution in [0.15, 0.2) is 29.3 Å². The van der Waals surface area contributed by atoms with E-state index in [0.29, 0.717) is 12.1 Å². The zero-order valence-electron chi connectivity index (χ0n) is 16.6. The van der Waals surface area contributed by atoms with E-state index in [1.54, 1.807) is 7.11 Å². The van der Waals surface area contributed by atoms with Crippen molar-refractivity contribution in [2.24, 2.45) is 4.99 Å². The van der Waals surface area contributed by atoms with Crippen molar-refractivity contribution in [3.63, 3.8) is 0 Å². The normalized spacial score (nSPS) is 16.3. The summed E-state index contributed by atoms with van der Waals surface area (Å²) in [6.07, 6.45) is 3.27. The lowest BCUT2D eigenvalue weighted by Crippen LogP contribution is -2.49. The number of methoxy groups -OCH3 is 1. The molecule has 1 heterocycles. The summed E-state index contributed by atoms with van der Waals surface area (Å²) in [5, 5.41) is 6.99. The second kappa shape index (κ2) is 12.4. The van der Waals surface area contributed by atoms with E-state index < -0.39 is 0 Å². The van der Waals surface area contributed by atoms with Crippen LogP contribution < -0.4 is 15.4 Å². The molecule has 0 aliphatic carbocycles. The molecule has 0 aromatic heterocycles. The van der Waals surface area contributed by atoms with Crippen LogP contribution in [0.25, 0.3) is 0 Å². The highest BCUT2D eigenvalue weighted by atomic mass is 127. The number of nitrogens with one attached hydrogen (secondary N) is 2. The van der Waals surface area contributed by atoms with E-state index in [4.69, 9.17) is 9.73 Å². The highest BCUT2D eigenvalue weighted by Crippen LogP contribution is 2.14. The van der Waals surface area contributed by atoms with E-state index in [1.807, 2.05) is 12.1 Å². The second-order valence-corrected chi connectivity index (χ2v) is 6.91.